The Morgan fingerprint density at radius 2 is 2.29 bits per heavy atom. The van der Waals surface area contributed by atoms with Crippen LogP contribution in [0.1, 0.15) is 12.5 Å². The van der Waals surface area contributed by atoms with E-state index in [1.165, 1.54) is 0 Å². The van der Waals surface area contributed by atoms with Gasteiger partial charge in [0.15, 0.2) is 5.84 Å². The van der Waals surface area contributed by atoms with E-state index < -0.39 is 0 Å². The quantitative estimate of drug-likeness (QED) is 0.347. The molecule has 0 aromatic heterocycles. The number of ether oxygens (including phenoxy) is 1. The smallest absolute Gasteiger partial charge is 0.172 e. The van der Waals surface area contributed by atoms with Gasteiger partial charge in [0.2, 0.25) is 0 Å². The molecule has 0 aliphatic carbocycles. The largest absolute Gasteiger partial charge is 0.409 e. The summed E-state index contributed by atoms with van der Waals surface area (Å²) >= 11 is 0. The Morgan fingerprint density at radius 1 is 1.53 bits per heavy atom. The fourth-order valence-corrected chi connectivity index (χ4v) is 2.06. The minimum Gasteiger partial charge on any atom is -0.409 e. The average molecular weight is 235 g/mol. The third-order valence-corrected chi connectivity index (χ3v) is 2.87. The van der Waals surface area contributed by atoms with Crippen molar-refractivity contribution < 1.29 is 9.94 Å². The number of anilines is 1. The van der Waals surface area contributed by atoms with Gasteiger partial charge in [-0.1, -0.05) is 17.3 Å². The number of benzene rings is 1. The first kappa shape index (κ1) is 11.7. The van der Waals surface area contributed by atoms with E-state index in [1.807, 2.05) is 31.2 Å². The molecule has 1 fully saturated rings. The van der Waals surface area contributed by atoms with Crippen molar-refractivity contribution in [1.29, 1.82) is 0 Å². The van der Waals surface area contributed by atoms with Gasteiger partial charge in [0, 0.05) is 24.3 Å². The second kappa shape index (κ2) is 5.05. The first-order chi connectivity index (χ1) is 8.22. The van der Waals surface area contributed by atoms with Crippen LogP contribution >= 0.6 is 0 Å². The van der Waals surface area contributed by atoms with Crippen LogP contribution in [0.3, 0.4) is 0 Å². The average Bonchev–Trinajstić information content (AvgIpc) is 2.38. The van der Waals surface area contributed by atoms with Crippen molar-refractivity contribution in [3.05, 3.63) is 29.8 Å². The van der Waals surface area contributed by atoms with E-state index in [-0.39, 0.29) is 11.9 Å². The molecule has 1 heterocycles. The lowest BCUT2D eigenvalue weighted by Crippen LogP contribution is -2.42. The fraction of sp³-hybridized carbons (Fsp3) is 0.417. The standard InChI is InChI=1S/C12H17N3O2/c1-9-8-15(6-7-17-9)11-5-3-2-4-10(11)12(13)14-16/h2-5,9,16H,6-8H2,1H3,(H2,13,14). The van der Waals surface area contributed by atoms with E-state index in [0.717, 1.165) is 24.3 Å². The lowest BCUT2D eigenvalue weighted by molar-refractivity contribution is 0.0532. The van der Waals surface area contributed by atoms with E-state index in [2.05, 4.69) is 10.1 Å². The third kappa shape index (κ3) is 2.50. The maximum absolute atomic E-state index is 8.78. The Labute approximate surface area is 100 Å². The van der Waals surface area contributed by atoms with Gasteiger partial charge in [-0.2, -0.15) is 0 Å². The minimum atomic E-state index is 0.139. The van der Waals surface area contributed by atoms with Crippen molar-refractivity contribution in [2.24, 2.45) is 10.9 Å². The number of oxime groups is 1. The normalized spacial score (nSPS) is 21.6. The van der Waals surface area contributed by atoms with Crippen LogP contribution in [-0.2, 0) is 4.74 Å². The Kier molecular flexibility index (Phi) is 3.49. The summed E-state index contributed by atoms with van der Waals surface area (Å²) in [6.07, 6.45) is 0.198. The summed E-state index contributed by atoms with van der Waals surface area (Å²) in [6.45, 7) is 4.37. The molecular formula is C12H17N3O2. The van der Waals surface area contributed by atoms with E-state index in [9.17, 15) is 0 Å². The van der Waals surface area contributed by atoms with Gasteiger partial charge in [-0.15, -0.1) is 0 Å². The summed E-state index contributed by atoms with van der Waals surface area (Å²) in [4.78, 5) is 2.20. The molecule has 0 amide bonds. The lowest BCUT2D eigenvalue weighted by atomic mass is 10.1. The van der Waals surface area contributed by atoms with Crippen molar-refractivity contribution in [2.75, 3.05) is 24.6 Å². The zero-order chi connectivity index (χ0) is 12.3. The summed E-state index contributed by atoms with van der Waals surface area (Å²) in [5, 5.41) is 11.9. The zero-order valence-corrected chi connectivity index (χ0v) is 9.84. The van der Waals surface area contributed by atoms with E-state index in [4.69, 9.17) is 15.7 Å². The monoisotopic (exact) mass is 235 g/mol. The van der Waals surface area contributed by atoms with Gasteiger partial charge in [-0.3, -0.25) is 0 Å². The SMILES string of the molecule is CC1CN(c2ccccc2C(N)=NO)CCO1. The molecule has 0 saturated carbocycles. The summed E-state index contributed by atoms with van der Waals surface area (Å²) in [5.41, 5.74) is 7.42. The highest BCUT2D eigenvalue weighted by molar-refractivity contribution is 6.02. The van der Waals surface area contributed by atoms with E-state index >= 15 is 0 Å². The highest BCUT2D eigenvalue weighted by Crippen LogP contribution is 2.22. The number of para-hydroxylation sites is 1. The van der Waals surface area contributed by atoms with Crippen molar-refractivity contribution in [3.8, 4) is 0 Å². The van der Waals surface area contributed by atoms with Crippen LogP contribution in [-0.4, -0.2) is 36.8 Å². The molecule has 0 radical (unpaired) electrons. The summed E-state index contributed by atoms with van der Waals surface area (Å²) in [6, 6.07) is 7.65. The number of nitrogens with two attached hydrogens (primary N) is 1. The Bertz CT molecular complexity index is 420. The predicted molar refractivity (Wildman–Crippen MR) is 66.6 cm³/mol. The van der Waals surface area contributed by atoms with Crippen LogP contribution in [0, 0.1) is 0 Å². The third-order valence-electron chi connectivity index (χ3n) is 2.87. The first-order valence-corrected chi connectivity index (χ1v) is 5.66. The molecule has 1 aromatic carbocycles. The summed E-state index contributed by atoms with van der Waals surface area (Å²) in [7, 11) is 0. The van der Waals surface area contributed by atoms with Crippen LogP contribution in [0.2, 0.25) is 0 Å². The fourth-order valence-electron chi connectivity index (χ4n) is 2.06. The van der Waals surface area contributed by atoms with Crippen LogP contribution in [0.4, 0.5) is 5.69 Å². The second-order valence-corrected chi connectivity index (χ2v) is 4.13. The van der Waals surface area contributed by atoms with E-state index in [1.54, 1.807) is 0 Å². The van der Waals surface area contributed by atoms with Gasteiger partial charge in [0.05, 0.1) is 12.7 Å². The molecule has 1 unspecified atom stereocenters. The zero-order valence-electron chi connectivity index (χ0n) is 9.84. The maximum Gasteiger partial charge on any atom is 0.172 e. The van der Waals surface area contributed by atoms with Crippen molar-refractivity contribution in [2.45, 2.75) is 13.0 Å². The Hall–Kier alpha value is -1.75. The van der Waals surface area contributed by atoms with Crippen LogP contribution < -0.4 is 10.6 Å². The molecule has 1 aliphatic rings. The molecule has 1 saturated heterocycles. The molecule has 5 heteroatoms. The predicted octanol–water partition coefficient (Wildman–Crippen LogP) is 1.01. The number of hydrogen-bond acceptors (Lipinski definition) is 4. The molecule has 1 atom stereocenters. The number of rotatable bonds is 2. The van der Waals surface area contributed by atoms with E-state index in [0.29, 0.717) is 6.61 Å². The molecule has 1 aromatic rings. The number of morpholine rings is 1. The van der Waals surface area contributed by atoms with Gasteiger partial charge < -0.3 is 20.6 Å². The molecule has 5 nitrogen and oxygen atoms in total. The van der Waals surface area contributed by atoms with Crippen molar-refractivity contribution >= 4 is 11.5 Å². The molecule has 0 bridgehead atoms. The summed E-state index contributed by atoms with van der Waals surface area (Å²) < 4.78 is 5.50. The van der Waals surface area contributed by atoms with Gasteiger partial charge in [0.25, 0.3) is 0 Å². The molecule has 0 spiro atoms. The molecule has 1 aliphatic heterocycles. The number of amidine groups is 1. The second-order valence-electron chi connectivity index (χ2n) is 4.13. The van der Waals surface area contributed by atoms with Gasteiger partial charge in [0.1, 0.15) is 0 Å². The van der Waals surface area contributed by atoms with Crippen LogP contribution in [0.25, 0.3) is 0 Å². The highest BCUT2D eigenvalue weighted by atomic mass is 16.5. The number of nitrogens with zero attached hydrogens (tertiary/aromatic N) is 2. The topological polar surface area (TPSA) is 71.1 Å². The maximum atomic E-state index is 8.78. The molecular weight excluding hydrogens is 218 g/mol. The van der Waals surface area contributed by atoms with Gasteiger partial charge >= 0.3 is 0 Å². The minimum absolute atomic E-state index is 0.139. The van der Waals surface area contributed by atoms with Crippen LogP contribution in [0.5, 0.6) is 0 Å². The van der Waals surface area contributed by atoms with Gasteiger partial charge in [-0.05, 0) is 19.1 Å². The van der Waals surface area contributed by atoms with Crippen molar-refractivity contribution in [3.63, 3.8) is 0 Å². The molecule has 17 heavy (non-hydrogen) atoms. The Balaban J connectivity index is 2.31. The lowest BCUT2D eigenvalue weighted by Gasteiger charge is -2.34. The van der Waals surface area contributed by atoms with Gasteiger partial charge in [-0.25, -0.2) is 0 Å². The van der Waals surface area contributed by atoms with Crippen molar-refractivity contribution in [1.82, 2.24) is 0 Å². The Morgan fingerprint density at radius 3 is 3.00 bits per heavy atom. The number of hydrogen-bond donors (Lipinski definition) is 2. The highest BCUT2D eigenvalue weighted by Gasteiger charge is 2.20. The van der Waals surface area contributed by atoms with Crippen LogP contribution in [0.15, 0.2) is 29.4 Å². The molecule has 92 valence electrons. The molecule has 2 rings (SSSR count). The first-order valence-electron chi connectivity index (χ1n) is 5.66. The summed E-state index contributed by atoms with van der Waals surface area (Å²) in [5.74, 6) is 0.139. The molecule has 3 N–H and O–H groups in total.